The maximum Gasteiger partial charge on any atom is 0.420 e. The largest absolute Gasteiger partial charge is 0.420 e. The minimum Gasteiger partial charge on any atom is -0.299 e. The summed E-state index contributed by atoms with van der Waals surface area (Å²) >= 11 is 4.79. The molecule has 0 saturated heterocycles. The van der Waals surface area contributed by atoms with Crippen LogP contribution < -0.4 is 0 Å². The van der Waals surface area contributed by atoms with Crippen molar-refractivity contribution in [1.82, 2.24) is 0 Å². The molecule has 0 spiro atoms. The van der Waals surface area contributed by atoms with Gasteiger partial charge in [0.1, 0.15) is 0 Å². The van der Waals surface area contributed by atoms with Crippen molar-refractivity contribution < 1.29 is 13.2 Å². The first-order valence-corrected chi connectivity index (χ1v) is 6.13. The second kappa shape index (κ2) is 4.83. The smallest absolute Gasteiger partial charge is 0.299 e. The van der Waals surface area contributed by atoms with Crippen molar-refractivity contribution in [3.63, 3.8) is 0 Å². The Hall–Kier alpha value is 1.08. The second-order valence-electron chi connectivity index (χ2n) is 1.00. The monoisotopic (exact) mass is 210 g/mol. The Bertz CT molecular complexity index is 112. The van der Waals surface area contributed by atoms with Gasteiger partial charge in [-0.3, -0.25) is 4.52 Å². The molecule has 0 radical (unpaired) electrons. The third-order valence-electron chi connectivity index (χ3n) is 0.456. The van der Waals surface area contributed by atoms with Gasteiger partial charge in [-0.15, -0.1) is 0 Å². The summed E-state index contributed by atoms with van der Waals surface area (Å²) in [6, 6.07) is 0. The molecule has 0 aromatic carbocycles. The van der Waals surface area contributed by atoms with Crippen molar-refractivity contribution in [2.24, 2.45) is 0 Å². The van der Waals surface area contributed by atoms with Crippen LogP contribution in [0.25, 0.3) is 0 Å². The Labute approximate surface area is 66.9 Å². The van der Waals surface area contributed by atoms with Gasteiger partial charge in [-0.2, -0.15) is 4.08 Å². The summed E-state index contributed by atoms with van der Waals surface area (Å²) in [6.07, 6.45) is 0. The van der Waals surface area contributed by atoms with Gasteiger partial charge in [-0.05, 0) is 17.6 Å². The molecule has 7 heteroatoms. The molecule has 0 aromatic rings. The van der Waals surface area contributed by atoms with E-state index in [1.807, 2.05) is 0 Å². The van der Waals surface area contributed by atoms with E-state index in [4.69, 9.17) is 22.5 Å². The third-order valence-corrected chi connectivity index (χ3v) is 4.73. The summed E-state index contributed by atoms with van der Waals surface area (Å²) in [6.45, 7) is -1.32. The first-order valence-electron chi connectivity index (χ1n) is 2.03. The van der Waals surface area contributed by atoms with E-state index >= 15 is 0 Å². The van der Waals surface area contributed by atoms with Crippen LogP contribution in [0.4, 0.5) is 0 Å². The van der Waals surface area contributed by atoms with Crippen LogP contribution in [0.2, 0.25) is 0 Å². The first kappa shape index (κ1) is 10.1. The lowest BCUT2D eigenvalue weighted by Crippen LogP contribution is -1.82. The Balaban J connectivity index is 3.78. The van der Waals surface area contributed by atoms with E-state index in [2.05, 4.69) is 8.60 Å². The summed E-state index contributed by atoms with van der Waals surface area (Å²) in [5.41, 5.74) is 0. The van der Waals surface area contributed by atoms with Crippen molar-refractivity contribution in [3.8, 4) is 0 Å². The highest BCUT2D eigenvalue weighted by Crippen LogP contribution is 2.63. The van der Waals surface area contributed by atoms with Crippen molar-refractivity contribution in [2.45, 2.75) is 6.92 Å². The van der Waals surface area contributed by atoms with Crippen molar-refractivity contribution >= 4 is 39.9 Å². The Morgan fingerprint density at radius 2 is 2.33 bits per heavy atom. The molecule has 0 rings (SSSR count). The van der Waals surface area contributed by atoms with Crippen molar-refractivity contribution in [3.05, 3.63) is 0 Å². The predicted octanol–water partition coefficient (Wildman–Crippen LogP) is 3.19. The maximum atomic E-state index is 10.8. The Morgan fingerprint density at radius 1 is 1.78 bits per heavy atom. The zero-order chi connectivity index (χ0) is 7.33. The second-order valence-corrected chi connectivity index (χ2v) is 5.84. The Kier molecular flexibility index (Phi) is 5.41. The van der Waals surface area contributed by atoms with Gasteiger partial charge < -0.3 is 0 Å². The quantitative estimate of drug-likeness (QED) is 0.669. The van der Waals surface area contributed by atoms with E-state index in [9.17, 15) is 4.57 Å². The van der Waals surface area contributed by atoms with Crippen LogP contribution in [0.5, 0.6) is 0 Å². The number of hydrogen-bond acceptors (Lipinski definition) is 4. The molecule has 0 bridgehead atoms. The van der Waals surface area contributed by atoms with E-state index in [1.54, 1.807) is 6.92 Å². The van der Waals surface area contributed by atoms with Gasteiger partial charge >= 0.3 is 6.80 Å². The SMILES string of the molecule is CCOP(=O)(OCl)SCl. The zero-order valence-corrected chi connectivity index (χ0v) is 7.77. The first-order chi connectivity index (χ1) is 4.18. The van der Waals surface area contributed by atoms with Gasteiger partial charge in [0.05, 0.1) is 29.1 Å². The number of halogens is 2. The predicted molar refractivity (Wildman–Crippen MR) is 39.6 cm³/mol. The fourth-order valence-corrected chi connectivity index (χ4v) is 2.37. The zero-order valence-electron chi connectivity index (χ0n) is 4.54. The maximum absolute atomic E-state index is 10.8. The summed E-state index contributed by atoms with van der Waals surface area (Å²) in [5, 5.41) is 0. The fraction of sp³-hybridized carbons (Fsp3) is 1.00. The average molecular weight is 211 g/mol. The molecule has 9 heavy (non-hydrogen) atoms. The molecule has 0 aliphatic carbocycles. The van der Waals surface area contributed by atoms with Gasteiger partial charge in [-0.1, -0.05) is 0 Å². The summed E-state index contributed by atoms with van der Waals surface area (Å²) in [5.74, 6) is 0. The van der Waals surface area contributed by atoms with Gasteiger partial charge in [0.2, 0.25) is 0 Å². The van der Waals surface area contributed by atoms with Crippen molar-refractivity contribution in [2.75, 3.05) is 6.61 Å². The number of hydrogen-bond donors (Lipinski definition) is 0. The van der Waals surface area contributed by atoms with E-state index in [0.29, 0.717) is 10.6 Å². The standard InChI is InChI=1S/C2H5Cl2O3PS/c1-2-6-8(5,7-3)9-4/h2H2,1H3. The van der Waals surface area contributed by atoms with Gasteiger partial charge in [-0.25, -0.2) is 4.57 Å². The highest BCUT2D eigenvalue weighted by atomic mass is 35.7. The van der Waals surface area contributed by atoms with Crippen LogP contribution in [0.15, 0.2) is 0 Å². The third kappa shape index (κ3) is 3.71. The van der Waals surface area contributed by atoms with E-state index in [1.165, 1.54) is 0 Å². The lowest BCUT2D eigenvalue weighted by Gasteiger charge is -2.06. The summed E-state index contributed by atoms with van der Waals surface area (Å²) < 4.78 is 19.3. The highest BCUT2D eigenvalue weighted by molar-refractivity contribution is 8.66. The van der Waals surface area contributed by atoms with E-state index in [-0.39, 0.29) is 6.61 Å². The molecule has 0 aromatic heterocycles. The van der Waals surface area contributed by atoms with E-state index < -0.39 is 6.80 Å². The molecule has 0 saturated carbocycles. The molecule has 0 amide bonds. The summed E-state index contributed by atoms with van der Waals surface area (Å²) in [4.78, 5) is 0. The molecule has 56 valence electrons. The van der Waals surface area contributed by atoms with Crippen LogP contribution in [-0.2, 0) is 13.2 Å². The molecule has 3 nitrogen and oxygen atoms in total. The highest BCUT2D eigenvalue weighted by Gasteiger charge is 2.23. The molecule has 0 fully saturated rings. The van der Waals surface area contributed by atoms with Crippen LogP contribution in [0, 0.1) is 0 Å². The van der Waals surface area contributed by atoms with Crippen LogP contribution in [0.3, 0.4) is 0 Å². The number of rotatable bonds is 4. The lowest BCUT2D eigenvalue weighted by molar-refractivity contribution is 0.302. The molecule has 0 aliphatic rings. The van der Waals surface area contributed by atoms with Crippen LogP contribution in [0.1, 0.15) is 6.92 Å². The normalized spacial score (nSPS) is 17.2. The average Bonchev–Trinajstić information content (AvgIpc) is 1.89. The topological polar surface area (TPSA) is 35.5 Å². The molecule has 1 atom stereocenters. The van der Waals surface area contributed by atoms with E-state index in [0.717, 1.165) is 0 Å². The van der Waals surface area contributed by atoms with Gasteiger partial charge in [0.25, 0.3) is 0 Å². The van der Waals surface area contributed by atoms with Crippen LogP contribution in [-0.4, -0.2) is 6.61 Å². The van der Waals surface area contributed by atoms with Crippen LogP contribution >= 0.6 is 39.9 Å². The molecule has 0 heterocycles. The van der Waals surface area contributed by atoms with Crippen molar-refractivity contribution in [1.29, 1.82) is 0 Å². The lowest BCUT2D eigenvalue weighted by atomic mass is 10.9. The summed E-state index contributed by atoms with van der Waals surface area (Å²) in [7, 11) is 5.55. The molecular weight excluding hydrogens is 206 g/mol. The van der Waals surface area contributed by atoms with Gasteiger partial charge in [0.15, 0.2) is 0 Å². The van der Waals surface area contributed by atoms with Gasteiger partial charge in [0, 0.05) is 0 Å². The molecule has 1 unspecified atom stereocenters. The molecule has 0 N–H and O–H groups in total. The minimum atomic E-state index is -3.23. The fourth-order valence-electron chi connectivity index (χ4n) is 0.209. The molecular formula is C2H5Cl2O3PS. The minimum absolute atomic E-state index is 0.254. The molecule has 0 aliphatic heterocycles. The Morgan fingerprint density at radius 3 is 2.44 bits per heavy atom.